The second-order valence-corrected chi connectivity index (χ2v) is 4.69. The molecule has 2 rings (SSSR count). The van der Waals surface area contributed by atoms with Crippen LogP contribution in [0.4, 0.5) is 4.79 Å². The Kier molecular flexibility index (Phi) is 4.92. The van der Waals surface area contributed by atoms with Gasteiger partial charge in [-0.05, 0) is 12.5 Å². The highest BCUT2D eigenvalue weighted by Crippen LogP contribution is 2.16. The molecule has 0 saturated carbocycles. The minimum absolute atomic E-state index is 0.0191. The summed E-state index contributed by atoms with van der Waals surface area (Å²) in [5, 5.41) is 0. The molecule has 0 aromatic heterocycles. The average molecular weight is 291 g/mol. The largest absolute Gasteiger partial charge is 0.465 e. The maximum absolute atomic E-state index is 11.9. The van der Waals surface area contributed by atoms with E-state index >= 15 is 0 Å². The lowest BCUT2D eigenvalue weighted by Gasteiger charge is -2.15. The zero-order valence-electron chi connectivity index (χ0n) is 11.8. The first-order valence-corrected chi connectivity index (χ1v) is 6.76. The van der Waals surface area contributed by atoms with Gasteiger partial charge in [-0.1, -0.05) is 30.3 Å². The van der Waals surface area contributed by atoms with Crippen molar-refractivity contribution >= 4 is 17.8 Å². The maximum atomic E-state index is 11.9. The first-order valence-electron chi connectivity index (χ1n) is 6.76. The minimum Gasteiger partial charge on any atom is -0.465 e. The van der Waals surface area contributed by atoms with E-state index in [-0.39, 0.29) is 32.1 Å². The molecule has 6 heteroatoms. The van der Waals surface area contributed by atoms with Crippen molar-refractivity contribution < 1.29 is 23.9 Å². The van der Waals surface area contributed by atoms with E-state index < -0.39 is 18.0 Å². The number of benzene rings is 1. The molecule has 21 heavy (non-hydrogen) atoms. The van der Waals surface area contributed by atoms with E-state index in [1.807, 2.05) is 30.3 Å². The number of hydrogen-bond donors (Lipinski definition) is 0. The summed E-state index contributed by atoms with van der Waals surface area (Å²) in [6, 6.07) is 9.24. The zero-order valence-corrected chi connectivity index (χ0v) is 11.8. The molecule has 0 bridgehead atoms. The van der Waals surface area contributed by atoms with Crippen molar-refractivity contribution in [2.75, 3.05) is 19.7 Å². The molecule has 1 heterocycles. The van der Waals surface area contributed by atoms with E-state index in [0.717, 1.165) is 5.56 Å². The standard InChI is InChI=1S/C15H17NO5/c1-2-20-14(18)12-8-16(9-13(12)17)15(19)21-10-11-6-4-3-5-7-11/h3-7,12H,2,8-10H2,1H3/t12-/m0/s1. The van der Waals surface area contributed by atoms with Gasteiger partial charge in [-0.25, -0.2) is 4.79 Å². The Morgan fingerprint density at radius 3 is 2.62 bits per heavy atom. The molecule has 1 aliphatic heterocycles. The third-order valence-corrected chi connectivity index (χ3v) is 3.17. The molecule has 0 spiro atoms. The summed E-state index contributed by atoms with van der Waals surface area (Å²) in [5.74, 6) is -1.79. The van der Waals surface area contributed by atoms with Crippen LogP contribution in [0, 0.1) is 5.92 Å². The van der Waals surface area contributed by atoms with Crippen molar-refractivity contribution in [2.45, 2.75) is 13.5 Å². The second-order valence-electron chi connectivity index (χ2n) is 4.69. The van der Waals surface area contributed by atoms with Crippen LogP contribution < -0.4 is 0 Å². The number of carbonyl (C=O) groups is 3. The molecule has 112 valence electrons. The van der Waals surface area contributed by atoms with Crippen LogP contribution in [0.3, 0.4) is 0 Å². The fraction of sp³-hybridized carbons (Fsp3) is 0.400. The number of hydrogen-bond acceptors (Lipinski definition) is 5. The topological polar surface area (TPSA) is 72.9 Å². The van der Waals surface area contributed by atoms with Crippen LogP contribution in [0.2, 0.25) is 0 Å². The SMILES string of the molecule is CCOC(=O)[C@H]1CN(C(=O)OCc2ccccc2)CC1=O. The monoisotopic (exact) mass is 291 g/mol. The number of esters is 1. The van der Waals surface area contributed by atoms with Crippen molar-refractivity contribution in [2.24, 2.45) is 5.92 Å². The lowest BCUT2D eigenvalue weighted by atomic mass is 10.1. The first-order chi connectivity index (χ1) is 10.1. The second kappa shape index (κ2) is 6.88. The quantitative estimate of drug-likeness (QED) is 0.619. The molecule has 0 unspecified atom stereocenters. The van der Waals surface area contributed by atoms with Crippen LogP contribution in [0.15, 0.2) is 30.3 Å². The summed E-state index contributed by atoms with van der Waals surface area (Å²) in [4.78, 5) is 36.4. The number of rotatable bonds is 4. The molecule has 0 radical (unpaired) electrons. The molecule has 1 amide bonds. The summed E-state index contributed by atoms with van der Waals surface area (Å²) < 4.78 is 9.95. The predicted molar refractivity (Wildman–Crippen MR) is 73.3 cm³/mol. The van der Waals surface area contributed by atoms with Crippen LogP contribution in [-0.4, -0.2) is 42.4 Å². The van der Waals surface area contributed by atoms with Crippen molar-refractivity contribution in [3.05, 3.63) is 35.9 Å². The van der Waals surface area contributed by atoms with E-state index in [2.05, 4.69) is 0 Å². The van der Waals surface area contributed by atoms with Crippen molar-refractivity contribution in [3.8, 4) is 0 Å². The van der Waals surface area contributed by atoms with Crippen LogP contribution in [0.25, 0.3) is 0 Å². The predicted octanol–water partition coefficient (Wildman–Crippen LogP) is 1.39. The fourth-order valence-electron chi connectivity index (χ4n) is 2.08. The van der Waals surface area contributed by atoms with E-state index in [1.54, 1.807) is 6.92 Å². The van der Waals surface area contributed by atoms with Gasteiger partial charge in [0.05, 0.1) is 13.2 Å². The molecule has 0 aliphatic carbocycles. The molecule has 1 aromatic carbocycles. The number of amides is 1. The molecule has 1 saturated heterocycles. The van der Waals surface area contributed by atoms with Crippen molar-refractivity contribution in [3.63, 3.8) is 0 Å². The lowest BCUT2D eigenvalue weighted by Crippen LogP contribution is -2.30. The summed E-state index contributed by atoms with van der Waals surface area (Å²) in [5.41, 5.74) is 0.860. The number of ketones is 1. The Morgan fingerprint density at radius 2 is 1.95 bits per heavy atom. The van der Waals surface area contributed by atoms with Crippen LogP contribution >= 0.6 is 0 Å². The van der Waals surface area contributed by atoms with Crippen molar-refractivity contribution in [1.82, 2.24) is 4.90 Å². The van der Waals surface area contributed by atoms with E-state index in [9.17, 15) is 14.4 Å². The van der Waals surface area contributed by atoms with Crippen LogP contribution in [0.5, 0.6) is 0 Å². The van der Waals surface area contributed by atoms with Gasteiger partial charge in [0.25, 0.3) is 0 Å². The van der Waals surface area contributed by atoms with E-state index in [4.69, 9.17) is 9.47 Å². The number of Topliss-reactive ketones (excluding diaryl/α,β-unsaturated/α-hetero) is 1. The molecule has 1 aromatic rings. The lowest BCUT2D eigenvalue weighted by molar-refractivity contribution is -0.149. The summed E-state index contributed by atoms with van der Waals surface area (Å²) in [6.45, 7) is 1.92. The summed E-state index contributed by atoms with van der Waals surface area (Å²) in [7, 11) is 0. The number of nitrogens with zero attached hydrogens (tertiary/aromatic N) is 1. The Morgan fingerprint density at radius 1 is 1.24 bits per heavy atom. The van der Waals surface area contributed by atoms with Crippen LogP contribution in [0.1, 0.15) is 12.5 Å². The highest BCUT2D eigenvalue weighted by Gasteiger charge is 2.39. The number of carbonyl (C=O) groups excluding carboxylic acids is 3. The van der Waals surface area contributed by atoms with Gasteiger partial charge in [0.2, 0.25) is 0 Å². The molecule has 1 fully saturated rings. The Hall–Kier alpha value is -2.37. The average Bonchev–Trinajstić information content (AvgIpc) is 2.88. The molecular weight excluding hydrogens is 274 g/mol. The third-order valence-electron chi connectivity index (χ3n) is 3.17. The normalized spacial score (nSPS) is 17.7. The van der Waals surface area contributed by atoms with Gasteiger partial charge in [-0.3, -0.25) is 14.5 Å². The smallest absolute Gasteiger partial charge is 0.410 e. The molecule has 0 N–H and O–H groups in total. The highest BCUT2D eigenvalue weighted by atomic mass is 16.6. The Bertz CT molecular complexity index is 528. The van der Waals surface area contributed by atoms with E-state index in [1.165, 1.54) is 4.90 Å². The van der Waals surface area contributed by atoms with E-state index in [0.29, 0.717) is 0 Å². The highest BCUT2D eigenvalue weighted by molar-refractivity contribution is 6.03. The zero-order chi connectivity index (χ0) is 15.2. The number of ether oxygens (including phenoxy) is 2. The van der Waals surface area contributed by atoms with Crippen molar-refractivity contribution in [1.29, 1.82) is 0 Å². The van der Waals surface area contributed by atoms with Gasteiger partial charge in [-0.15, -0.1) is 0 Å². The summed E-state index contributed by atoms with van der Waals surface area (Å²) >= 11 is 0. The maximum Gasteiger partial charge on any atom is 0.410 e. The fourth-order valence-corrected chi connectivity index (χ4v) is 2.08. The number of likely N-dealkylation sites (tertiary alicyclic amines) is 1. The Labute approximate surface area is 122 Å². The molecule has 1 aliphatic rings. The van der Waals surface area contributed by atoms with Crippen LogP contribution in [-0.2, 0) is 25.7 Å². The van der Waals surface area contributed by atoms with Gasteiger partial charge in [0, 0.05) is 6.54 Å². The van der Waals surface area contributed by atoms with Gasteiger partial charge >= 0.3 is 12.1 Å². The minimum atomic E-state index is -0.894. The van der Waals surface area contributed by atoms with Gasteiger partial charge < -0.3 is 9.47 Å². The summed E-state index contributed by atoms with van der Waals surface area (Å²) in [6.07, 6.45) is -0.598. The van der Waals surface area contributed by atoms with Gasteiger partial charge in [0.15, 0.2) is 5.78 Å². The van der Waals surface area contributed by atoms with Gasteiger partial charge in [-0.2, -0.15) is 0 Å². The first kappa shape index (κ1) is 15.0. The molecule has 6 nitrogen and oxygen atoms in total. The third kappa shape index (κ3) is 3.81. The molecular formula is C15H17NO5. The van der Waals surface area contributed by atoms with Gasteiger partial charge in [0.1, 0.15) is 12.5 Å². The Balaban J connectivity index is 1.87. The molecule has 1 atom stereocenters.